The van der Waals surface area contributed by atoms with E-state index in [9.17, 15) is 4.79 Å². The molecule has 2 aromatic carbocycles. The summed E-state index contributed by atoms with van der Waals surface area (Å²) in [5.74, 6) is 0. The van der Waals surface area contributed by atoms with Crippen LogP contribution >= 0.6 is 0 Å². The van der Waals surface area contributed by atoms with Crippen molar-refractivity contribution in [3.05, 3.63) is 78.5 Å². The third kappa shape index (κ3) is 2.50. The van der Waals surface area contributed by atoms with Crippen LogP contribution in [0.1, 0.15) is 10.4 Å². The zero-order chi connectivity index (χ0) is 13.8. The number of hydrogen-bond acceptors (Lipinski definition) is 2. The Kier molecular flexibility index (Phi) is 3.38. The molecule has 0 N–H and O–H groups in total. The van der Waals surface area contributed by atoms with Crippen molar-refractivity contribution >= 4 is 6.29 Å². The third-order valence-electron chi connectivity index (χ3n) is 3.19. The lowest BCUT2D eigenvalue weighted by molar-refractivity contribution is 0.112. The normalized spacial score (nSPS) is 10.2. The van der Waals surface area contributed by atoms with E-state index >= 15 is 0 Å². The summed E-state index contributed by atoms with van der Waals surface area (Å²) in [5.41, 5.74) is 4.84. The minimum atomic E-state index is 0.591. The maximum atomic E-state index is 10.7. The maximum Gasteiger partial charge on any atom is 0.151 e. The predicted molar refractivity (Wildman–Crippen MR) is 80.5 cm³/mol. The van der Waals surface area contributed by atoms with E-state index in [0.717, 1.165) is 23.1 Å². The van der Waals surface area contributed by atoms with Gasteiger partial charge >= 0.3 is 0 Å². The number of carbonyl (C=O) groups excluding carboxylic acids is 1. The summed E-state index contributed by atoms with van der Waals surface area (Å²) >= 11 is 0. The molecule has 0 bridgehead atoms. The van der Waals surface area contributed by atoms with Crippen molar-refractivity contribution in [2.24, 2.45) is 0 Å². The molecule has 0 unspecified atom stereocenters. The van der Waals surface area contributed by atoms with Crippen molar-refractivity contribution < 1.29 is 4.79 Å². The number of benzene rings is 2. The average Bonchev–Trinajstić information content (AvgIpc) is 2.56. The lowest BCUT2D eigenvalue weighted by Gasteiger charge is -2.05. The van der Waals surface area contributed by atoms with E-state index in [1.807, 2.05) is 36.4 Å². The summed E-state index contributed by atoms with van der Waals surface area (Å²) in [7, 11) is 0. The summed E-state index contributed by atoms with van der Waals surface area (Å²) in [4.78, 5) is 15.0. The van der Waals surface area contributed by atoms with Crippen LogP contribution in [0.2, 0.25) is 0 Å². The Morgan fingerprint density at radius 1 is 0.750 bits per heavy atom. The Morgan fingerprint density at radius 2 is 1.50 bits per heavy atom. The maximum absolute atomic E-state index is 10.7. The molecule has 3 aromatic rings. The van der Waals surface area contributed by atoms with E-state index in [1.165, 1.54) is 5.56 Å². The first-order valence-corrected chi connectivity index (χ1v) is 6.44. The SMILES string of the molecule is O=Cc1ccc(-c2cccc(-c3ccccc3)c2)nc1. The molecule has 0 amide bonds. The molecule has 1 aromatic heterocycles. The van der Waals surface area contributed by atoms with Crippen molar-refractivity contribution in [2.45, 2.75) is 0 Å². The van der Waals surface area contributed by atoms with Crippen molar-refractivity contribution in [1.82, 2.24) is 4.98 Å². The summed E-state index contributed by atoms with van der Waals surface area (Å²) in [6, 6.07) is 22.1. The van der Waals surface area contributed by atoms with E-state index in [0.29, 0.717) is 5.56 Å². The minimum Gasteiger partial charge on any atom is -0.298 e. The van der Waals surface area contributed by atoms with Crippen LogP contribution in [0.25, 0.3) is 22.4 Å². The molecule has 3 rings (SSSR count). The lowest BCUT2D eigenvalue weighted by atomic mass is 10.0. The van der Waals surface area contributed by atoms with Crippen LogP contribution in [0.4, 0.5) is 0 Å². The number of pyridine rings is 1. The first-order valence-electron chi connectivity index (χ1n) is 6.44. The highest BCUT2D eigenvalue weighted by Crippen LogP contribution is 2.25. The predicted octanol–water partition coefficient (Wildman–Crippen LogP) is 4.23. The second-order valence-corrected chi connectivity index (χ2v) is 4.54. The second kappa shape index (κ2) is 5.49. The molecule has 0 fully saturated rings. The molecule has 96 valence electrons. The van der Waals surface area contributed by atoms with E-state index in [-0.39, 0.29) is 0 Å². The van der Waals surface area contributed by atoms with Gasteiger partial charge in [0.05, 0.1) is 5.69 Å². The number of rotatable bonds is 3. The number of aromatic nitrogens is 1. The summed E-state index contributed by atoms with van der Waals surface area (Å²) < 4.78 is 0. The zero-order valence-corrected chi connectivity index (χ0v) is 10.9. The Bertz CT molecular complexity index is 718. The van der Waals surface area contributed by atoms with Gasteiger partial charge in [-0.3, -0.25) is 9.78 Å². The second-order valence-electron chi connectivity index (χ2n) is 4.54. The molecule has 2 heteroatoms. The fourth-order valence-corrected chi connectivity index (χ4v) is 2.13. The largest absolute Gasteiger partial charge is 0.298 e. The van der Waals surface area contributed by atoms with E-state index in [2.05, 4.69) is 29.2 Å². The number of carbonyl (C=O) groups is 1. The van der Waals surface area contributed by atoms with Crippen molar-refractivity contribution in [3.8, 4) is 22.4 Å². The molecule has 2 nitrogen and oxygen atoms in total. The average molecular weight is 259 g/mol. The number of nitrogens with zero attached hydrogens (tertiary/aromatic N) is 1. The van der Waals surface area contributed by atoms with Gasteiger partial charge in [-0.2, -0.15) is 0 Å². The molecular weight excluding hydrogens is 246 g/mol. The highest BCUT2D eigenvalue weighted by atomic mass is 16.1. The molecule has 0 spiro atoms. The van der Waals surface area contributed by atoms with Gasteiger partial charge in [0.15, 0.2) is 6.29 Å². The van der Waals surface area contributed by atoms with Gasteiger partial charge in [-0.15, -0.1) is 0 Å². The monoisotopic (exact) mass is 259 g/mol. The molecule has 20 heavy (non-hydrogen) atoms. The van der Waals surface area contributed by atoms with Gasteiger partial charge < -0.3 is 0 Å². The standard InChI is InChI=1S/C18H13NO/c20-13-14-9-10-18(19-12-14)17-8-4-7-16(11-17)15-5-2-1-3-6-15/h1-13H. The molecule has 0 radical (unpaired) electrons. The van der Waals surface area contributed by atoms with Crippen LogP contribution in [0, 0.1) is 0 Å². The Labute approximate surface area is 117 Å². The smallest absolute Gasteiger partial charge is 0.151 e. The van der Waals surface area contributed by atoms with Crippen LogP contribution in [0.15, 0.2) is 72.9 Å². The summed E-state index contributed by atoms with van der Waals surface area (Å²) in [6.45, 7) is 0. The Hall–Kier alpha value is -2.74. The Balaban J connectivity index is 2.00. The molecular formula is C18H13NO. The quantitative estimate of drug-likeness (QED) is 0.659. The van der Waals surface area contributed by atoms with Gasteiger partial charge in [-0.1, -0.05) is 48.5 Å². The molecule has 1 heterocycles. The number of aldehydes is 1. The molecule has 0 saturated carbocycles. The van der Waals surface area contributed by atoms with Crippen LogP contribution in [-0.4, -0.2) is 11.3 Å². The third-order valence-corrected chi connectivity index (χ3v) is 3.19. The van der Waals surface area contributed by atoms with Gasteiger partial charge in [0.25, 0.3) is 0 Å². The van der Waals surface area contributed by atoms with E-state index in [4.69, 9.17) is 0 Å². The Morgan fingerprint density at radius 3 is 2.20 bits per heavy atom. The van der Waals surface area contributed by atoms with Gasteiger partial charge in [0.2, 0.25) is 0 Å². The van der Waals surface area contributed by atoms with Gasteiger partial charge in [0, 0.05) is 17.3 Å². The molecule has 0 saturated heterocycles. The highest BCUT2D eigenvalue weighted by molar-refractivity contribution is 5.76. The van der Waals surface area contributed by atoms with Gasteiger partial charge in [0.1, 0.15) is 0 Å². The van der Waals surface area contributed by atoms with E-state index in [1.54, 1.807) is 12.3 Å². The van der Waals surface area contributed by atoms with Crippen LogP contribution < -0.4 is 0 Å². The zero-order valence-electron chi connectivity index (χ0n) is 10.9. The van der Waals surface area contributed by atoms with Crippen LogP contribution in [0.3, 0.4) is 0 Å². The van der Waals surface area contributed by atoms with Crippen LogP contribution in [-0.2, 0) is 0 Å². The van der Waals surface area contributed by atoms with Crippen LogP contribution in [0.5, 0.6) is 0 Å². The fraction of sp³-hybridized carbons (Fsp3) is 0. The summed E-state index contributed by atoms with van der Waals surface area (Å²) in [5, 5.41) is 0. The highest BCUT2D eigenvalue weighted by Gasteiger charge is 2.02. The van der Waals surface area contributed by atoms with Crippen molar-refractivity contribution in [1.29, 1.82) is 0 Å². The topological polar surface area (TPSA) is 30.0 Å². The van der Waals surface area contributed by atoms with E-state index < -0.39 is 0 Å². The molecule has 0 atom stereocenters. The first kappa shape index (κ1) is 12.3. The van der Waals surface area contributed by atoms with Gasteiger partial charge in [-0.05, 0) is 29.3 Å². The van der Waals surface area contributed by atoms with Crippen molar-refractivity contribution in [3.63, 3.8) is 0 Å². The summed E-state index contributed by atoms with van der Waals surface area (Å²) in [6.07, 6.45) is 2.40. The van der Waals surface area contributed by atoms with Crippen molar-refractivity contribution in [2.75, 3.05) is 0 Å². The molecule has 0 aliphatic carbocycles. The molecule has 0 aliphatic heterocycles. The number of hydrogen-bond donors (Lipinski definition) is 0. The minimum absolute atomic E-state index is 0.591. The first-order chi connectivity index (χ1) is 9.86. The molecule has 0 aliphatic rings. The van der Waals surface area contributed by atoms with Gasteiger partial charge in [-0.25, -0.2) is 0 Å². The fourth-order valence-electron chi connectivity index (χ4n) is 2.13. The lowest BCUT2D eigenvalue weighted by Crippen LogP contribution is -1.87.